The topological polar surface area (TPSA) is 78.9 Å². The predicted molar refractivity (Wildman–Crippen MR) is 307 cm³/mol. The molecule has 0 saturated carbocycles. The summed E-state index contributed by atoms with van der Waals surface area (Å²) in [5.74, 6) is -0.843. The molecule has 6 nitrogen and oxygen atoms in total. The molecule has 0 heterocycles. The second kappa shape index (κ2) is 60.7. The first-order chi connectivity index (χ1) is 35.0. The van der Waals surface area contributed by atoms with E-state index in [0.717, 1.165) is 64.2 Å². The fraction of sp³-hybridized carbons (Fsp3) is 0.923. The first-order valence-corrected chi connectivity index (χ1v) is 32.2. The molecule has 0 aromatic heterocycles. The molecule has 0 aliphatic rings. The summed E-state index contributed by atoms with van der Waals surface area (Å²) in [5, 5.41) is 0. The maximum Gasteiger partial charge on any atom is 0.306 e. The van der Waals surface area contributed by atoms with Crippen molar-refractivity contribution in [2.24, 2.45) is 0 Å². The molecule has 0 aromatic rings. The molecule has 71 heavy (non-hydrogen) atoms. The molecule has 0 spiro atoms. The molecule has 420 valence electrons. The van der Waals surface area contributed by atoms with Crippen LogP contribution in [0.3, 0.4) is 0 Å². The van der Waals surface area contributed by atoms with Gasteiger partial charge in [0, 0.05) is 19.3 Å². The highest BCUT2D eigenvalue weighted by atomic mass is 16.6. The summed E-state index contributed by atoms with van der Waals surface area (Å²) in [4.78, 5) is 38.3. The van der Waals surface area contributed by atoms with E-state index in [1.807, 2.05) is 0 Å². The number of esters is 3. The van der Waals surface area contributed by atoms with Crippen LogP contribution < -0.4 is 0 Å². The Kier molecular flexibility index (Phi) is 59.1. The van der Waals surface area contributed by atoms with Gasteiger partial charge in [0.2, 0.25) is 0 Å². The first kappa shape index (κ1) is 69.2. The third-order valence-corrected chi connectivity index (χ3v) is 14.8. The van der Waals surface area contributed by atoms with Crippen molar-refractivity contribution in [2.45, 2.75) is 374 Å². The Morgan fingerprint density at radius 2 is 0.465 bits per heavy atom. The minimum Gasteiger partial charge on any atom is -0.462 e. The van der Waals surface area contributed by atoms with E-state index in [1.54, 1.807) is 0 Å². The average Bonchev–Trinajstić information content (AvgIpc) is 3.37. The Morgan fingerprint density at radius 1 is 0.268 bits per heavy atom. The number of ether oxygens (including phenoxy) is 3. The summed E-state index contributed by atoms with van der Waals surface area (Å²) < 4.78 is 17.0. The molecular weight excluding hydrogens is 877 g/mol. The molecule has 0 aliphatic heterocycles. The number of hydrogen-bond acceptors (Lipinski definition) is 6. The van der Waals surface area contributed by atoms with E-state index < -0.39 is 6.10 Å². The molecule has 6 heteroatoms. The van der Waals surface area contributed by atoms with Gasteiger partial charge >= 0.3 is 17.9 Å². The molecule has 0 N–H and O–H groups in total. The van der Waals surface area contributed by atoms with Crippen molar-refractivity contribution in [1.82, 2.24) is 0 Å². The first-order valence-electron chi connectivity index (χ1n) is 32.2. The van der Waals surface area contributed by atoms with Crippen LogP contribution in [0.25, 0.3) is 0 Å². The molecule has 0 aliphatic carbocycles. The third kappa shape index (κ3) is 58.9. The number of rotatable bonds is 60. The van der Waals surface area contributed by atoms with Gasteiger partial charge in [-0.15, -0.1) is 0 Å². The zero-order chi connectivity index (χ0) is 51.4. The van der Waals surface area contributed by atoms with Crippen LogP contribution in [0.15, 0.2) is 12.2 Å². The van der Waals surface area contributed by atoms with E-state index in [-0.39, 0.29) is 31.1 Å². The molecule has 0 radical (unpaired) electrons. The molecule has 0 saturated heterocycles. The van der Waals surface area contributed by atoms with Crippen molar-refractivity contribution in [3.63, 3.8) is 0 Å². The van der Waals surface area contributed by atoms with Crippen LogP contribution in [0.2, 0.25) is 0 Å². The maximum absolute atomic E-state index is 12.9. The fourth-order valence-corrected chi connectivity index (χ4v) is 9.91. The van der Waals surface area contributed by atoms with Gasteiger partial charge < -0.3 is 14.2 Å². The van der Waals surface area contributed by atoms with Gasteiger partial charge in [-0.05, 0) is 44.9 Å². The standard InChI is InChI=1S/C65H124O6/c1-4-7-10-13-16-19-22-25-28-31-32-33-35-37-40-43-46-49-52-55-58-64(67)70-61-62(60-69-63(66)57-54-51-48-45-42-39-36-30-27-24-21-18-15-12-9-6-3)71-65(68)59-56-53-50-47-44-41-38-34-29-26-23-20-17-14-11-8-5-2/h30,36,62H,4-29,31-35,37-61H2,1-3H3/b36-30-. The lowest BCUT2D eigenvalue weighted by Crippen LogP contribution is -2.30. The SMILES string of the molecule is CCCCCCCCC/C=C\CCCCCCCC(=O)OCC(COC(=O)CCCCCCCCCCCCCCCCCCCCCC)OC(=O)CCCCCCCCCCCCCCCCCCC. The molecular formula is C65H124O6. The lowest BCUT2D eigenvalue weighted by molar-refractivity contribution is -0.167. The predicted octanol–water partition coefficient (Wildman–Crippen LogP) is 21.7. The second-order valence-electron chi connectivity index (χ2n) is 22.0. The van der Waals surface area contributed by atoms with E-state index in [9.17, 15) is 14.4 Å². The fourth-order valence-electron chi connectivity index (χ4n) is 9.91. The number of carbonyl (C=O) groups excluding carboxylic acids is 3. The van der Waals surface area contributed by atoms with Crippen molar-refractivity contribution >= 4 is 17.9 Å². The van der Waals surface area contributed by atoms with Gasteiger partial charge in [-0.3, -0.25) is 14.4 Å². The highest BCUT2D eigenvalue weighted by Gasteiger charge is 2.19. The lowest BCUT2D eigenvalue weighted by Gasteiger charge is -2.18. The van der Waals surface area contributed by atoms with Crippen molar-refractivity contribution in [1.29, 1.82) is 0 Å². The van der Waals surface area contributed by atoms with Gasteiger partial charge in [-0.2, -0.15) is 0 Å². The minimum atomic E-state index is -0.769. The summed E-state index contributed by atoms with van der Waals surface area (Å²) in [5.41, 5.74) is 0. The molecule has 0 amide bonds. The van der Waals surface area contributed by atoms with Gasteiger partial charge in [0.15, 0.2) is 6.10 Å². The largest absolute Gasteiger partial charge is 0.462 e. The summed E-state index contributed by atoms with van der Waals surface area (Å²) in [7, 11) is 0. The van der Waals surface area contributed by atoms with Crippen LogP contribution in [0.5, 0.6) is 0 Å². The van der Waals surface area contributed by atoms with Gasteiger partial charge in [-0.25, -0.2) is 0 Å². The molecule has 1 atom stereocenters. The highest BCUT2D eigenvalue weighted by molar-refractivity contribution is 5.71. The smallest absolute Gasteiger partial charge is 0.306 e. The van der Waals surface area contributed by atoms with E-state index in [2.05, 4.69) is 32.9 Å². The molecule has 0 rings (SSSR count). The lowest BCUT2D eigenvalue weighted by atomic mass is 10.0. The van der Waals surface area contributed by atoms with E-state index in [1.165, 1.54) is 263 Å². The van der Waals surface area contributed by atoms with Crippen molar-refractivity contribution in [3.05, 3.63) is 12.2 Å². The normalized spacial score (nSPS) is 12.0. The number of carbonyl (C=O) groups is 3. The van der Waals surface area contributed by atoms with Crippen LogP contribution in [0.4, 0.5) is 0 Å². The third-order valence-electron chi connectivity index (χ3n) is 14.8. The molecule has 0 bridgehead atoms. The summed E-state index contributed by atoms with van der Waals surface area (Å²) in [6.45, 7) is 6.71. The Labute approximate surface area is 443 Å². The van der Waals surface area contributed by atoms with E-state index >= 15 is 0 Å². The average molecular weight is 1000 g/mol. The summed E-state index contributed by atoms with van der Waals surface area (Å²) in [6, 6.07) is 0. The quantitative estimate of drug-likeness (QED) is 0.0261. The molecule has 0 fully saturated rings. The Bertz CT molecular complexity index is 1100. The number of unbranched alkanes of at least 4 members (excludes halogenated alkanes) is 47. The highest BCUT2D eigenvalue weighted by Crippen LogP contribution is 2.18. The van der Waals surface area contributed by atoms with Crippen LogP contribution in [-0.2, 0) is 28.6 Å². The summed E-state index contributed by atoms with van der Waals surface area (Å²) in [6.07, 6.45) is 70.7. The minimum absolute atomic E-state index is 0.0659. The van der Waals surface area contributed by atoms with Gasteiger partial charge in [0.1, 0.15) is 13.2 Å². The van der Waals surface area contributed by atoms with Crippen molar-refractivity contribution in [3.8, 4) is 0 Å². The molecule has 1 unspecified atom stereocenters. The Hall–Kier alpha value is -1.85. The van der Waals surface area contributed by atoms with Gasteiger partial charge in [0.25, 0.3) is 0 Å². The Morgan fingerprint density at radius 3 is 0.704 bits per heavy atom. The monoisotopic (exact) mass is 1000 g/mol. The van der Waals surface area contributed by atoms with E-state index in [4.69, 9.17) is 14.2 Å². The van der Waals surface area contributed by atoms with Crippen LogP contribution in [0.1, 0.15) is 367 Å². The summed E-state index contributed by atoms with van der Waals surface area (Å²) >= 11 is 0. The van der Waals surface area contributed by atoms with Gasteiger partial charge in [0.05, 0.1) is 0 Å². The van der Waals surface area contributed by atoms with Crippen LogP contribution >= 0.6 is 0 Å². The zero-order valence-corrected chi connectivity index (χ0v) is 48.3. The number of allylic oxidation sites excluding steroid dienone is 2. The second-order valence-corrected chi connectivity index (χ2v) is 22.0. The van der Waals surface area contributed by atoms with Crippen molar-refractivity contribution in [2.75, 3.05) is 13.2 Å². The van der Waals surface area contributed by atoms with Gasteiger partial charge in [-0.1, -0.05) is 315 Å². The Balaban J connectivity index is 4.29. The molecule has 0 aromatic carbocycles. The number of hydrogen-bond donors (Lipinski definition) is 0. The van der Waals surface area contributed by atoms with Crippen LogP contribution in [-0.4, -0.2) is 37.2 Å². The van der Waals surface area contributed by atoms with Crippen molar-refractivity contribution < 1.29 is 28.6 Å². The maximum atomic E-state index is 12.9. The van der Waals surface area contributed by atoms with E-state index in [0.29, 0.717) is 19.3 Å². The van der Waals surface area contributed by atoms with Crippen LogP contribution in [0, 0.1) is 0 Å². The zero-order valence-electron chi connectivity index (χ0n) is 48.3.